The standard InChI is InChI=1S/C11H19N3O2/c1-11(2,6-7-15)14-10-8(12)4-5-9(13-10)16-3/h4-5,15H,6-7,12H2,1-3H3,(H,13,14). The van der Waals surface area contributed by atoms with Crippen molar-refractivity contribution in [3.05, 3.63) is 12.1 Å². The van der Waals surface area contributed by atoms with Gasteiger partial charge in [-0.25, -0.2) is 0 Å². The molecule has 5 heteroatoms. The molecule has 0 bridgehead atoms. The fraction of sp³-hybridized carbons (Fsp3) is 0.545. The summed E-state index contributed by atoms with van der Waals surface area (Å²) in [7, 11) is 1.56. The zero-order chi connectivity index (χ0) is 12.2. The molecule has 0 aliphatic heterocycles. The Morgan fingerprint density at radius 1 is 1.50 bits per heavy atom. The molecule has 0 unspecified atom stereocenters. The molecule has 0 aromatic carbocycles. The monoisotopic (exact) mass is 225 g/mol. The zero-order valence-corrected chi connectivity index (χ0v) is 9.95. The molecule has 1 aromatic rings. The lowest BCUT2D eigenvalue weighted by molar-refractivity contribution is 0.260. The van der Waals surface area contributed by atoms with Gasteiger partial charge in [-0.15, -0.1) is 0 Å². The van der Waals surface area contributed by atoms with Gasteiger partial charge in [0.2, 0.25) is 5.88 Å². The van der Waals surface area contributed by atoms with Gasteiger partial charge in [0.25, 0.3) is 0 Å². The van der Waals surface area contributed by atoms with Crippen molar-refractivity contribution in [2.24, 2.45) is 0 Å². The van der Waals surface area contributed by atoms with Crippen LogP contribution in [0.1, 0.15) is 20.3 Å². The number of methoxy groups -OCH3 is 1. The fourth-order valence-electron chi connectivity index (χ4n) is 1.33. The van der Waals surface area contributed by atoms with Gasteiger partial charge in [-0.05, 0) is 26.3 Å². The number of hydrogen-bond acceptors (Lipinski definition) is 5. The third kappa shape index (κ3) is 3.27. The van der Waals surface area contributed by atoms with Gasteiger partial charge < -0.3 is 20.9 Å². The molecule has 0 amide bonds. The van der Waals surface area contributed by atoms with Crippen molar-refractivity contribution >= 4 is 11.5 Å². The molecule has 0 radical (unpaired) electrons. The third-order valence-electron chi connectivity index (χ3n) is 2.30. The molecule has 4 N–H and O–H groups in total. The first kappa shape index (κ1) is 12.6. The minimum atomic E-state index is -0.262. The number of aliphatic hydroxyl groups excluding tert-OH is 1. The summed E-state index contributed by atoms with van der Waals surface area (Å²) in [5.74, 6) is 1.09. The number of hydrogen-bond donors (Lipinski definition) is 3. The van der Waals surface area contributed by atoms with Crippen molar-refractivity contribution in [1.29, 1.82) is 0 Å². The van der Waals surface area contributed by atoms with Crippen LogP contribution in [0.5, 0.6) is 5.88 Å². The maximum Gasteiger partial charge on any atom is 0.215 e. The Bertz CT molecular complexity index is 353. The van der Waals surface area contributed by atoms with Crippen LogP contribution >= 0.6 is 0 Å². The Morgan fingerprint density at radius 3 is 2.75 bits per heavy atom. The SMILES string of the molecule is COc1ccc(N)c(NC(C)(C)CCO)n1. The third-order valence-corrected chi connectivity index (χ3v) is 2.30. The Labute approximate surface area is 95.6 Å². The molecule has 1 heterocycles. The minimum absolute atomic E-state index is 0.115. The van der Waals surface area contributed by atoms with Crippen molar-refractivity contribution in [1.82, 2.24) is 4.98 Å². The number of nitrogen functional groups attached to an aromatic ring is 1. The van der Waals surface area contributed by atoms with Crippen molar-refractivity contribution in [3.8, 4) is 5.88 Å². The highest BCUT2D eigenvalue weighted by Gasteiger charge is 2.18. The van der Waals surface area contributed by atoms with Crippen molar-refractivity contribution in [2.45, 2.75) is 25.8 Å². The molecule has 0 spiro atoms. The van der Waals surface area contributed by atoms with Crippen molar-refractivity contribution in [2.75, 3.05) is 24.8 Å². The Hall–Kier alpha value is -1.49. The van der Waals surface area contributed by atoms with Crippen LogP contribution < -0.4 is 15.8 Å². The lowest BCUT2D eigenvalue weighted by Crippen LogP contribution is -2.32. The summed E-state index contributed by atoms with van der Waals surface area (Å²) in [6.45, 7) is 4.07. The molecule has 0 aliphatic carbocycles. The van der Waals surface area contributed by atoms with Crippen LogP contribution in [0.4, 0.5) is 11.5 Å². The van der Waals surface area contributed by atoms with Gasteiger partial charge in [0.1, 0.15) is 0 Å². The van der Waals surface area contributed by atoms with E-state index in [1.165, 1.54) is 0 Å². The Morgan fingerprint density at radius 2 is 2.19 bits per heavy atom. The molecule has 0 fully saturated rings. The molecule has 0 saturated heterocycles. The van der Waals surface area contributed by atoms with Crippen LogP contribution in [-0.4, -0.2) is 29.3 Å². The smallest absolute Gasteiger partial charge is 0.215 e. The summed E-state index contributed by atoms with van der Waals surface area (Å²) < 4.78 is 5.03. The first-order valence-corrected chi connectivity index (χ1v) is 5.18. The number of nitrogens with two attached hydrogens (primary N) is 1. The van der Waals surface area contributed by atoms with Gasteiger partial charge in [0.15, 0.2) is 5.82 Å². The topological polar surface area (TPSA) is 80.4 Å². The summed E-state index contributed by atoms with van der Waals surface area (Å²) in [6, 6.07) is 3.45. The van der Waals surface area contributed by atoms with Crippen LogP contribution in [0.15, 0.2) is 12.1 Å². The minimum Gasteiger partial charge on any atom is -0.481 e. The number of rotatable bonds is 5. The van der Waals surface area contributed by atoms with E-state index < -0.39 is 0 Å². The maximum absolute atomic E-state index is 8.93. The van der Waals surface area contributed by atoms with Gasteiger partial charge in [0.05, 0.1) is 12.8 Å². The van der Waals surface area contributed by atoms with Gasteiger partial charge in [0, 0.05) is 18.2 Å². The summed E-state index contributed by atoms with van der Waals surface area (Å²) in [4.78, 5) is 4.22. The number of pyridine rings is 1. The summed E-state index contributed by atoms with van der Waals surface area (Å²) >= 11 is 0. The molecule has 5 nitrogen and oxygen atoms in total. The molecular weight excluding hydrogens is 206 g/mol. The van der Waals surface area contributed by atoms with Crippen LogP contribution in [0.3, 0.4) is 0 Å². The maximum atomic E-state index is 8.93. The predicted molar refractivity (Wildman–Crippen MR) is 64.6 cm³/mol. The quantitative estimate of drug-likeness (QED) is 0.702. The first-order valence-electron chi connectivity index (χ1n) is 5.18. The highest BCUT2D eigenvalue weighted by Crippen LogP contribution is 2.24. The molecule has 16 heavy (non-hydrogen) atoms. The Balaban J connectivity index is 2.87. The van der Waals surface area contributed by atoms with Crippen LogP contribution in [0, 0.1) is 0 Å². The molecule has 0 atom stereocenters. The van der Waals surface area contributed by atoms with E-state index in [2.05, 4.69) is 10.3 Å². The number of ether oxygens (including phenoxy) is 1. The van der Waals surface area contributed by atoms with Gasteiger partial charge in [-0.3, -0.25) is 0 Å². The molecule has 0 saturated carbocycles. The number of aromatic nitrogens is 1. The van der Waals surface area contributed by atoms with Crippen LogP contribution in [-0.2, 0) is 0 Å². The fourth-order valence-corrected chi connectivity index (χ4v) is 1.33. The summed E-state index contributed by atoms with van der Waals surface area (Å²) in [5, 5.41) is 12.1. The lowest BCUT2D eigenvalue weighted by Gasteiger charge is -2.26. The van der Waals surface area contributed by atoms with E-state index in [0.29, 0.717) is 23.8 Å². The average molecular weight is 225 g/mol. The second-order valence-corrected chi connectivity index (χ2v) is 4.27. The molecule has 90 valence electrons. The van der Waals surface area contributed by atoms with Crippen molar-refractivity contribution < 1.29 is 9.84 Å². The number of aliphatic hydroxyl groups is 1. The highest BCUT2D eigenvalue weighted by atomic mass is 16.5. The van der Waals surface area contributed by atoms with Crippen LogP contribution in [0.25, 0.3) is 0 Å². The van der Waals surface area contributed by atoms with E-state index in [1.807, 2.05) is 13.8 Å². The summed E-state index contributed by atoms with van der Waals surface area (Å²) in [5.41, 5.74) is 6.10. The van der Waals surface area contributed by atoms with E-state index in [-0.39, 0.29) is 12.1 Å². The van der Waals surface area contributed by atoms with Gasteiger partial charge in [-0.1, -0.05) is 0 Å². The largest absolute Gasteiger partial charge is 0.481 e. The molecular formula is C11H19N3O2. The molecule has 0 aliphatic rings. The van der Waals surface area contributed by atoms with Gasteiger partial charge in [-0.2, -0.15) is 4.98 Å². The number of anilines is 2. The van der Waals surface area contributed by atoms with Crippen molar-refractivity contribution in [3.63, 3.8) is 0 Å². The average Bonchev–Trinajstić information content (AvgIpc) is 2.21. The highest BCUT2D eigenvalue weighted by molar-refractivity contribution is 5.62. The van der Waals surface area contributed by atoms with E-state index in [0.717, 1.165) is 0 Å². The summed E-state index contributed by atoms with van der Waals surface area (Å²) in [6.07, 6.45) is 0.616. The van der Waals surface area contributed by atoms with E-state index in [1.54, 1.807) is 19.2 Å². The van der Waals surface area contributed by atoms with Crippen LogP contribution in [0.2, 0.25) is 0 Å². The number of nitrogens with zero attached hydrogens (tertiary/aromatic N) is 1. The first-order chi connectivity index (χ1) is 7.48. The Kier molecular flexibility index (Phi) is 3.95. The molecule has 1 rings (SSSR count). The van der Waals surface area contributed by atoms with E-state index in [4.69, 9.17) is 15.6 Å². The zero-order valence-electron chi connectivity index (χ0n) is 9.95. The van der Waals surface area contributed by atoms with Gasteiger partial charge >= 0.3 is 0 Å². The second kappa shape index (κ2) is 5.03. The second-order valence-electron chi connectivity index (χ2n) is 4.27. The van der Waals surface area contributed by atoms with E-state index >= 15 is 0 Å². The lowest BCUT2D eigenvalue weighted by atomic mass is 10.0. The predicted octanol–water partition coefficient (Wildman–Crippen LogP) is 1.25. The number of nitrogens with one attached hydrogen (secondary N) is 1. The normalized spacial score (nSPS) is 11.2. The molecule has 1 aromatic heterocycles. The van der Waals surface area contributed by atoms with E-state index in [9.17, 15) is 0 Å².